The number of carbonyl (C=O) groups is 1. The summed E-state index contributed by atoms with van der Waals surface area (Å²) in [6.45, 7) is 1.51. The van der Waals surface area contributed by atoms with Gasteiger partial charge < -0.3 is 10.3 Å². The lowest BCUT2D eigenvalue weighted by Gasteiger charge is -2.06. The summed E-state index contributed by atoms with van der Waals surface area (Å²) in [5, 5.41) is 1.97. The van der Waals surface area contributed by atoms with Gasteiger partial charge in [0.05, 0.1) is 5.69 Å². The highest BCUT2D eigenvalue weighted by Gasteiger charge is 2.17. The van der Waals surface area contributed by atoms with E-state index in [4.69, 9.17) is 0 Å². The number of hydrogen-bond acceptors (Lipinski definition) is 3. The number of H-pyrrole nitrogens is 1. The van der Waals surface area contributed by atoms with Gasteiger partial charge in [0.15, 0.2) is 17.5 Å². The molecule has 0 saturated carbocycles. The second-order valence-electron chi connectivity index (χ2n) is 3.89. The Morgan fingerprint density at radius 3 is 2.60 bits per heavy atom. The Hall–Kier alpha value is -2.64. The summed E-state index contributed by atoms with van der Waals surface area (Å²) in [5.41, 5.74) is -1.67. The molecule has 0 saturated heterocycles. The van der Waals surface area contributed by atoms with Crippen molar-refractivity contribution in [3.8, 4) is 0 Å². The van der Waals surface area contributed by atoms with Crippen molar-refractivity contribution >= 4 is 11.6 Å². The van der Waals surface area contributed by atoms with Crippen molar-refractivity contribution in [1.29, 1.82) is 0 Å². The van der Waals surface area contributed by atoms with Crippen LogP contribution >= 0.6 is 0 Å². The molecule has 0 unspecified atom stereocenters. The molecule has 0 atom stereocenters. The molecule has 0 spiro atoms. The summed E-state index contributed by atoms with van der Waals surface area (Å²) < 4.78 is 39.1. The summed E-state index contributed by atoms with van der Waals surface area (Å²) >= 11 is 0. The first-order valence-corrected chi connectivity index (χ1v) is 5.41. The van der Waals surface area contributed by atoms with Gasteiger partial charge in [0.25, 0.3) is 11.5 Å². The van der Waals surface area contributed by atoms with Gasteiger partial charge >= 0.3 is 0 Å². The molecule has 104 valence electrons. The largest absolute Gasteiger partial charge is 0.319 e. The summed E-state index contributed by atoms with van der Waals surface area (Å²) in [4.78, 5) is 29.2. The number of aryl methyl sites for hydroxylation is 1. The fraction of sp³-hybridized carbons (Fsp3) is 0.0833. The van der Waals surface area contributed by atoms with Crippen LogP contribution in [0.2, 0.25) is 0 Å². The molecule has 20 heavy (non-hydrogen) atoms. The number of hydrogen-bond donors (Lipinski definition) is 2. The molecule has 8 heteroatoms. The predicted octanol–water partition coefficient (Wildman–Crippen LogP) is 1.75. The standard InChI is InChI=1S/C12H8F3N3O2/c1-5-16-4-6(11(19)17-5)12(20)18-8-3-2-7(13)9(14)10(8)15/h2-4H,1H3,(H,18,20)(H,16,17,19). The number of aromatic amines is 1. The smallest absolute Gasteiger partial charge is 0.263 e. The lowest BCUT2D eigenvalue weighted by molar-refractivity contribution is 0.102. The van der Waals surface area contributed by atoms with E-state index in [1.807, 2.05) is 5.32 Å². The maximum atomic E-state index is 13.4. The number of nitrogens with one attached hydrogen (secondary N) is 2. The number of rotatable bonds is 2. The molecular formula is C12H8F3N3O2. The van der Waals surface area contributed by atoms with Crippen molar-refractivity contribution in [1.82, 2.24) is 9.97 Å². The van der Waals surface area contributed by atoms with Crippen LogP contribution < -0.4 is 10.9 Å². The van der Waals surface area contributed by atoms with Crippen molar-refractivity contribution in [2.24, 2.45) is 0 Å². The van der Waals surface area contributed by atoms with Crippen molar-refractivity contribution in [3.63, 3.8) is 0 Å². The SMILES string of the molecule is Cc1ncc(C(=O)Nc2ccc(F)c(F)c2F)c(=O)[nH]1. The zero-order valence-corrected chi connectivity index (χ0v) is 10.1. The molecule has 0 radical (unpaired) electrons. The van der Waals surface area contributed by atoms with Crippen LogP contribution in [0.3, 0.4) is 0 Å². The van der Waals surface area contributed by atoms with Gasteiger partial charge in [-0.1, -0.05) is 0 Å². The maximum Gasteiger partial charge on any atom is 0.263 e. The molecule has 1 aromatic carbocycles. The van der Waals surface area contributed by atoms with Crippen molar-refractivity contribution in [3.05, 3.63) is 57.5 Å². The third-order valence-corrected chi connectivity index (χ3v) is 2.45. The van der Waals surface area contributed by atoms with E-state index in [1.165, 1.54) is 6.92 Å². The third kappa shape index (κ3) is 2.53. The van der Waals surface area contributed by atoms with Crippen LogP contribution in [0.5, 0.6) is 0 Å². The average Bonchev–Trinajstić information content (AvgIpc) is 2.39. The van der Waals surface area contributed by atoms with E-state index in [0.29, 0.717) is 11.9 Å². The van der Waals surface area contributed by atoms with Crippen molar-refractivity contribution in [2.75, 3.05) is 5.32 Å². The molecule has 1 aromatic heterocycles. The minimum absolute atomic E-state index is 0.297. The number of aromatic nitrogens is 2. The van der Waals surface area contributed by atoms with E-state index in [-0.39, 0.29) is 5.56 Å². The quantitative estimate of drug-likeness (QED) is 0.824. The fourth-order valence-corrected chi connectivity index (χ4v) is 1.46. The summed E-state index contributed by atoms with van der Waals surface area (Å²) in [7, 11) is 0. The van der Waals surface area contributed by atoms with Crippen LogP contribution in [0.4, 0.5) is 18.9 Å². The Labute approximate surface area is 110 Å². The lowest BCUT2D eigenvalue weighted by Crippen LogP contribution is -2.24. The number of amides is 1. The Morgan fingerprint density at radius 1 is 1.25 bits per heavy atom. The van der Waals surface area contributed by atoms with Crippen molar-refractivity contribution < 1.29 is 18.0 Å². The Morgan fingerprint density at radius 2 is 1.95 bits per heavy atom. The minimum Gasteiger partial charge on any atom is -0.319 e. The minimum atomic E-state index is -1.71. The summed E-state index contributed by atoms with van der Waals surface area (Å²) in [6, 6.07) is 1.51. The van der Waals surface area contributed by atoms with Crippen LogP contribution in [0.1, 0.15) is 16.2 Å². The van der Waals surface area contributed by atoms with Crippen LogP contribution in [-0.2, 0) is 0 Å². The zero-order valence-electron chi connectivity index (χ0n) is 10.1. The van der Waals surface area contributed by atoms with Crippen LogP contribution in [-0.4, -0.2) is 15.9 Å². The van der Waals surface area contributed by atoms with E-state index in [1.54, 1.807) is 0 Å². The highest BCUT2D eigenvalue weighted by atomic mass is 19.2. The number of anilines is 1. The molecule has 2 N–H and O–H groups in total. The molecule has 1 heterocycles. The average molecular weight is 283 g/mol. The second-order valence-corrected chi connectivity index (χ2v) is 3.89. The Kier molecular flexibility index (Phi) is 3.55. The highest BCUT2D eigenvalue weighted by molar-refractivity contribution is 6.03. The van der Waals surface area contributed by atoms with Gasteiger partial charge in [0.2, 0.25) is 0 Å². The number of carbonyl (C=O) groups excluding carboxylic acids is 1. The summed E-state index contributed by atoms with van der Waals surface area (Å²) in [6.07, 6.45) is 1.00. The van der Waals surface area contributed by atoms with Gasteiger partial charge in [-0.25, -0.2) is 18.2 Å². The first-order valence-electron chi connectivity index (χ1n) is 5.41. The van der Waals surface area contributed by atoms with Gasteiger partial charge in [-0.2, -0.15) is 0 Å². The van der Waals surface area contributed by atoms with Crippen LogP contribution in [0, 0.1) is 24.4 Å². The van der Waals surface area contributed by atoms with Crippen LogP contribution in [0.15, 0.2) is 23.1 Å². The molecule has 0 aliphatic carbocycles. The topological polar surface area (TPSA) is 74.8 Å². The van der Waals surface area contributed by atoms with Gasteiger partial charge in [0, 0.05) is 6.20 Å². The molecule has 1 amide bonds. The van der Waals surface area contributed by atoms with E-state index in [0.717, 1.165) is 12.3 Å². The highest BCUT2D eigenvalue weighted by Crippen LogP contribution is 2.19. The monoisotopic (exact) mass is 283 g/mol. The number of nitrogens with zero attached hydrogens (tertiary/aromatic N) is 1. The predicted molar refractivity (Wildman–Crippen MR) is 63.9 cm³/mol. The second kappa shape index (κ2) is 5.16. The number of halogens is 3. The molecule has 2 aromatic rings. The zero-order chi connectivity index (χ0) is 14.9. The Bertz CT molecular complexity index is 743. The molecule has 2 rings (SSSR count). The van der Waals surface area contributed by atoms with E-state index < -0.39 is 34.6 Å². The first-order chi connectivity index (χ1) is 9.40. The molecular weight excluding hydrogens is 275 g/mol. The lowest BCUT2D eigenvalue weighted by atomic mass is 10.2. The van der Waals surface area contributed by atoms with E-state index >= 15 is 0 Å². The Balaban J connectivity index is 2.33. The molecule has 0 bridgehead atoms. The maximum absolute atomic E-state index is 13.4. The van der Waals surface area contributed by atoms with E-state index in [9.17, 15) is 22.8 Å². The molecule has 0 fully saturated rings. The normalized spacial score (nSPS) is 10.4. The van der Waals surface area contributed by atoms with Crippen molar-refractivity contribution in [2.45, 2.75) is 6.92 Å². The molecule has 5 nitrogen and oxygen atoms in total. The fourth-order valence-electron chi connectivity index (χ4n) is 1.46. The van der Waals surface area contributed by atoms with Gasteiger partial charge in [0.1, 0.15) is 11.4 Å². The third-order valence-electron chi connectivity index (χ3n) is 2.45. The van der Waals surface area contributed by atoms with Gasteiger partial charge in [-0.3, -0.25) is 9.59 Å². The molecule has 0 aliphatic rings. The van der Waals surface area contributed by atoms with E-state index in [2.05, 4.69) is 9.97 Å². The van der Waals surface area contributed by atoms with Gasteiger partial charge in [-0.05, 0) is 19.1 Å². The summed E-state index contributed by atoms with van der Waals surface area (Å²) in [5.74, 6) is -5.32. The molecule has 0 aliphatic heterocycles. The van der Waals surface area contributed by atoms with Gasteiger partial charge in [-0.15, -0.1) is 0 Å². The van der Waals surface area contributed by atoms with Crippen LogP contribution in [0.25, 0.3) is 0 Å². The first kappa shape index (κ1) is 13.8. The number of benzene rings is 1.